The SMILES string of the molecule is C#C[C@H](CCCC)NC(=O)[C@H](CC1CCCCC1)NC(=O)c1cc2ccccc2[nH]1. The fourth-order valence-corrected chi connectivity index (χ4v) is 4.30. The number of hydrogen-bond acceptors (Lipinski definition) is 2. The number of nitrogens with one attached hydrogen (secondary N) is 3. The molecule has 0 bridgehead atoms. The summed E-state index contributed by atoms with van der Waals surface area (Å²) in [5, 5.41) is 6.93. The van der Waals surface area contributed by atoms with Gasteiger partial charge in [0.1, 0.15) is 11.7 Å². The maximum atomic E-state index is 13.1. The third-order valence-electron chi connectivity index (χ3n) is 6.05. The van der Waals surface area contributed by atoms with Gasteiger partial charge in [0.15, 0.2) is 0 Å². The number of hydrogen-bond donors (Lipinski definition) is 3. The first-order valence-electron chi connectivity index (χ1n) is 11.3. The molecule has 1 aromatic heterocycles. The number of carbonyl (C=O) groups excluding carboxylic acids is 2. The fourth-order valence-electron chi connectivity index (χ4n) is 4.30. The number of rotatable bonds is 9. The number of unbranched alkanes of at least 4 members (excludes halogenated alkanes) is 1. The van der Waals surface area contributed by atoms with E-state index < -0.39 is 6.04 Å². The molecule has 0 unspecified atom stereocenters. The smallest absolute Gasteiger partial charge is 0.268 e. The summed E-state index contributed by atoms with van der Waals surface area (Å²) in [5.41, 5.74) is 1.38. The first-order valence-corrected chi connectivity index (χ1v) is 11.3. The Morgan fingerprint density at radius 2 is 1.97 bits per heavy atom. The Labute approximate surface area is 179 Å². The van der Waals surface area contributed by atoms with E-state index in [0.29, 0.717) is 18.0 Å². The van der Waals surface area contributed by atoms with Crippen molar-refractivity contribution < 1.29 is 9.59 Å². The van der Waals surface area contributed by atoms with Gasteiger partial charge in [-0.15, -0.1) is 6.42 Å². The second kappa shape index (κ2) is 10.9. The predicted molar refractivity (Wildman–Crippen MR) is 121 cm³/mol. The van der Waals surface area contributed by atoms with Crippen molar-refractivity contribution in [1.29, 1.82) is 0 Å². The number of benzene rings is 1. The van der Waals surface area contributed by atoms with Crippen LogP contribution < -0.4 is 10.6 Å². The van der Waals surface area contributed by atoms with Crippen molar-refractivity contribution in [3.63, 3.8) is 0 Å². The second-order valence-corrected chi connectivity index (χ2v) is 8.41. The van der Waals surface area contributed by atoms with Crippen LogP contribution in [0, 0.1) is 18.3 Å². The van der Waals surface area contributed by atoms with Crippen LogP contribution in [0.1, 0.15) is 75.2 Å². The lowest BCUT2D eigenvalue weighted by molar-refractivity contribution is -0.123. The van der Waals surface area contributed by atoms with Gasteiger partial charge in [0.05, 0.1) is 6.04 Å². The van der Waals surface area contributed by atoms with Crippen LogP contribution in [-0.2, 0) is 4.79 Å². The molecule has 0 spiro atoms. The maximum Gasteiger partial charge on any atom is 0.268 e. The van der Waals surface area contributed by atoms with E-state index in [4.69, 9.17) is 6.42 Å². The summed E-state index contributed by atoms with van der Waals surface area (Å²) < 4.78 is 0. The van der Waals surface area contributed by atoms with Crippen molar-refractivity contribution in [2.45, 2.75) is 76.8 Å². The molecule has 160 valence electrons. The third kappa shape index (κ3) is 5.89. The lowest BCUT2D eigenvalue weighted by Crippen LogP contribution is -2.50. The molecule has 0 saturated heterocycles. The standard InChI is InChI=1S/C25H33N3O2/c1-3-5-14-20(4-2)26-24(29)22(16-18-11-7-6-8-12-18)28-25(30)23-17-19-13-9-10-15-21(19)27-23/h2,9-10,13,15,17-18,20,22,27H,3,5-8,11-12,14,16H2,1H3,(H,26,29)(H,28,30)/t20-,22+/m1/s1. The third-order valence-corrected chi connectivity index (χ3v) is 6.05. The molecule has 5 nitrogen and oxygen atoms in total. The number of H-pyrrole nitrogens is 1. The Kier molecular flexibility index (Phi) is 7.96. The van der Waals surface area contributed by atoms with Gasteiger partial charge in [0.2, 0.25) is 5.91 Å². The summed E-state index contributed by atoms with van der Waals surface area (Å²) in [6.45, 7) is 2.10. The Balaban J connectivity index is 1.71. The van der Waals surface area contributed by atoms with E-state index >= 15 is 0 Å². The second-order valence-electron chi connectivity index (χ2n) is 8.41. The van der Waals surface area contributed by atoms with E-state index in [2.05, 4.69) is 28.5 Å². The lowest BCUT2D eigenvalue weighted by Gasteiger charge is -2.27. The number of terminal acetylenes is 1. The van der Waals surface area contributed by atoms with E-state index in [9.17, 15) is 9.59 Å². The van der Waals surface area contributed by atoms with E-state index in [1.54, 1.807) is 0 Å². The summed E-state index contributed by atoms with van der Waals surface area (Å²) >= 11 is 0. The fraction of sp³-hybridized carbons (Fsp3) is 0.520. The van der Waals surface area contributed by atoms with Crippen molar-refractivity contribution in [3.05, 3.63) is 36.0 Å². The van der Waals surface area contributed by atoms with E-state index in [1.165, 1.54) is 19.3 Å². The maximum absolute atomic E-state index is 13.1. The van der Waals surface area contributed by atoms with Crippen LogP contribution in [0.3, 0.4) is 0 Å². The lowest BCUT2D eigenvalue weighted by atomic mass is 9.84. The predicted octanol–water partition coefficient (Wildman–Crippen LogP) is 4.54. The van der Waals surface area contributed by atoms with Crippen molar-refractivity contribution in [2.24, 2.45) is 5.92 Å². The molecule has 1 fully saturated rings. The van der Waals surface area contributed by atoms with Gasteiger partial charge in [-0.2, -0.15) is 0 Å². The topological polar surface area (TPSA) is 74.0 Å². The summed E-state index contributed by atoms with van der Waals surface area (Å²) in [7, 11) is 0. The minimum absolute atomic E-state index is 0.177. The largest absolute Gasteiger partial charge is 0.351 e. The van der Waals surface area contributed by atoms with Gasteiger partial charge < -0.3 is 15.6 Å². The minimum Gasteiger partial charge on any atom is -0.351 e. The van der Waals surface area contributed by atoms with Gasteiger partial charge in [-0.05, 0) is 30.9 Å². The van der Waals surface area contributed by atoms with Gasteiger partial charge in [-0.3, -0.25) is 9.59 Å². The number of fused-ring (bicyclic) bond motifs is 1. The molecule has 3 rings (SSSR count). The molecule has 0 radical (unpaired) electrons. The molecule has 2 amide bonds. The van der Waals surface area contributed by atoms with E-state index in [1.807, 2.05) is 30.3 Å². The summed E-state index contributed by atoms with van der Waals surface area (Å²) in [5.74, 6) is 2.70. The molecule has 3 N–H and O–H groups in total. The summed E-state index contributed by atoms with van der Waals surface area (Å²) in [6.07, 6.45) is 14.9. The quantitative estimate of drug-likeness (QED) is 0.534. The van der Waals surface area contributed by atoms with Gasteiger partial charge in [-0.25, -0.2) is 0 Å². The normalized spacial score (nSPS) is 16.5. The van der Waals surface area contributed by atoms with Crippen molar-refractivity contribution in [1.82, 2.24) is 15.6 Å². The van der Waals surface area contributed by atoms with Crippen molar-refractivity contribution in [2.75, 3.05) is 0 Å². The molecule has 1 heterocycles. The molecule has 1 aliphatic carbocycles. The number of carbonyl (C=O) groups is 2. The highest BCUT2D eigenvalue weighted by Gasteiger charge is 2.27. The van der Waals surface area contributed by atoms with Crippen molar-refractivity contribution >= 4 is 22.7 Å². The number of amides is 2. The average molecular weight is 408 g/mol. The summed E-state index contributed by atoms with van der Waals surface area (Å²) in [6, 6.07) is 8.71. The molecular formula is C25H33N3O2. The molecule has 2 aromatic rings. The molecular weight excluding hydrogens is 374 g/mol. The highest BCUT2D eigenvalue weighted by molar-refractivity contribution is 6.00. The zero-order chi connectivity index (χ0) is 21.3. The first kappa shape index (κ1) is 22.0. The molecule has 2 atom stereocenters. The van der Waals surface area contributed by atoms with Crippen LogP contribution in [-0.4, -0.2) is 28.9 Å². The monoisotopic (exact) mass is 407 g/mol. The van der Waals surface area contributed by atoms with Crippen LogP contribution in [0.25, 0.3) is 10.9 Å². The van der Waals surface area contributed by atoms with Crippen LogP contribution in [0.2, 0.25) is 0 Å². The molecule has 0 aliphatic heterocycles. The first-order chi connectivity index (χ1) is 14.6. The molecule has 1 aromatic carbocycles. The zero-order valence-corrected chi connectivity index (χ0v) is 17.9. The van der Waals surface area contributed by atoms with Crippen LogP contribution >= 0.6 is 0 Å². The Bertz CT molecular complexity index is 856. The number of para-hydroxylation sites is 1. The van der Waals surface area contributed by atoms with Gasteiger partial charge in [0, 0.05) is 10.9 Å². The Hall–Kier alpha value is -2.74. The molecule has 30 heavy (non-hydrogen) atoms. The highest BCUT2D eigenvalue weighted by Crippen LogP contribution is 2.27. The molecule has 1 aliphatic rings. The highest BCUT2D eigenvalue weighted by atomic mass is 16.2. The Morgan fingerprint density at radius 1 is 1.20 bits per heavy atom. The minimum atomic E-state index is -0.579. The van der Waals surface area contributed by atoms with Gasteiger partial charge in [0.25, 0.3) is 5.91 Å². The summed E-state index contributed by atoms with van der Waals surface area (Å²) in [4.78, 5) is 29.1. The van der Waals surface area contributed by atoms with Crippen LogP contribution in [0.15, 0.2) is 30.3 Å². The van der Waals surface area contributed by atoms with Crippen LogP contribution in [0.5, 0.6) is 0 Å². The average Bonchev–Trinajstić information content (AvgIpc) is 3.21. The molecule has 5 heteroatoms. The van der Waals surface area contributed by atoms with Gasteiger partial charge in [-0.1, -0.05) is 76.0 Å². The van der Waals surface area contributed by atoms with Crippen molar-refractivity contribution in [3.8, 4) is 12.3 Å². The Morgan fingerprint density at radius 3 is 2.67 bits per heavy atom. The zero-order valence-electron chi connectivity index (χ0n) is 17.9. The molecule has 1 saturated carbocycles. The van der Waals surface area contributed by atoms with Crippen LogP contribution in [0.4, 0.5) is 0 Å². The number of aromatic nitrogens is 1. The van der Waals surface area contributed by atoms with E-state index in [-0.39, 0.29) is 17.9 Å². The van der Waals surface area contributed by atoms with Gasteiger partial charge >= 0.3 is 0 Å². The van der Waals surface area contributed by atoms with E-state index in [0.717, 1.165) is 43.0 Å². The number of aromatic amines is 1.